The summed E-state index contributed by atoms with van der Waals surface area (Å²) in [6.45, 7) is 3.81. The van der Waals surface area contributed by atoms with Crippen LogP contribution in [0.3, 0.4) is 0 Å². The molecule has 0 saturated carbocycles. The summed E-state index contributed by atoms with van der Waals surface area (Å²) < 4.78 is 10.8. The number of furan rings is 1. The van der Waals surface area contributed by atoms with Crippen LogP contribution in [-0.2, 0) is 4.74 Å². The number of rotatable bonds is 2. The molecule has 0 saturated heterocycles. The number of esters is 1. The number of halogens is 1. The zero-order chi connectivity index (χ0) is 12.6. The van der Waals surface area contributed by atoms with Gasteiger partial charge in [-0.05, 0) is 41.9 Å². The van der Waals surface area contributed by atoms with Gasteiger partial charge in [0.1, 0.15) is 10.2 Å². The first-order valence-electron chi connectivity index (χ1n) is 5.14. The van der Waals surface area contributed by atoms with Gasteiger partial charge in [-0.25, -0.2) is 4.79 Å². The quantitative estimate of drug-likeness (QED) is 0.864. The monoisotopic (exact) mass is 298 g/mol. The van der Waals surface area contributed by atoms with Crippen molar-refractivity contribution >= 4 is 32.9 Å². The highest BCUT2D eigenvalue weighted by atomic mass is 79.9. The van der Waals surface area contributed by atoms with Gasteiger partial charge in [0.2, 0.25) is 5.76 Å². The lowest BCUT2D eigenvalue weighted by Crippen LogP contribution is -2.04. The van der Waals surface area contributed by atoms with E-state index < -0.39 is 5.97 Å². The first-order chi connectivity index (χ1) is 8.06. The first-order valence-corrected chi connectivity index (χ1v) is 5.93. The molecule has 17 heavy (non-hydrogen) atoms. The van der Waals surface area contributed by atoms with Gasteiger partial charge in [-0.15, -0.1) is 0 Å². The third-order valence-corrected chi connectivity index (χ3v) is 3.25. The minimum atomic E-state index is -0.493. The van der Waals surface area contributed by atoms with E-state index in [1.807, 2.05) is 0 Å². The van der Waals surface area contributed by atoms with Crippen LogP contribution in [0.1, 0.15) is 23.0 Å². The van der Waals surface area contributed by atoms with Crippen molar-refractivity contribution in [2.24, 2.45) is 0 Å². The lowest BCUT2D eigenvalue weighted by Gasteiger charge is -1.97. The van der Waals surface area contributed by atoms with E-state index in [9.17, 15) is 9.90 Å². The molecule has 0 amide bonds. The number of hydrogen-bond donors (Lipinski definition) is 1. The van der Waals surface area contributed by atoms with Crippen LogP contribution in [0.4, 0.5) is 0 Å². The fraction of sp³-hybridized carbons (Fsp3) is 0.250. The second-order valence-corrected chi connectivity index (χ2v) is 4.35. The molecule has 1 N–H and O–H groups in total. The van der Waals surface area contributed by atoms with Crippen molar-refractivity contribution in [3.05, 3.63) is 27.9 Å². The zero-order valence-corrected chi connectivity index (χ0v) is 11.0. The molecular formula is C12H11BrO4. The molecule has 0 aliphatic carbocycles. The fourth-order valence-electron chi connectivity index (χ4n) is 1.63. The minimum Gasteiger partial charge on any atom is -0.507 e. The number of fused-ring (bicyclic) bond motifs is 1. The normalized spacial score (nSPS) is 10.8. The van der Waals surface area contributed by atoms with E-state index in [1.54, 1.807) is 26.0 Å². The number of carbonyl (C=O) groups is 1. The zero-order valence-electron chi connectivity index (χ0n) is 9.41. The molecule has 2 rings (SSSR count). The number of hydrogen-bond acceptors (Lipinski definition) is 4. The Kier molecular flexibility index (Phi) is 3.11. The molecule has 0 aliphatic heterocycles. The maximum atomic E-state index is 11.6. The van der Waals surface area contributed by atoms with E-state index in [1.165, 1.54) is 0 Å². The lowest BCUT2D eigenvalue weighted by molar-refractivity contribution is 0.0491. The van der Waals surface area contributed by atoms with E-state index in [-0.39, 0.29) is 11.5 Å². The number of phenolic OH excluding ortho intramolecular Hbond substituents is 1. The Bertz CT molecular complexity index is 586. The van der Waals surface area contributed by atoms with Gasteiger partial charge in [-0.1, -0.05) is 0 Å². The van der Waals surface area contributed by atoms with Crippen LogP contribution >= 0.6 is 15.9 Å². The Hall–Kier alpha value is -1.49. The predicted octanol–water partition coefficient (Wildman–Crippen LogP) is 3.39. The molecule has 4 nitrogen and oxygen atoms in total. The second kappa shape index (κ2) is 4.41. The van der Waals surface area contributed by atoms with Crippen LogP contribution in [0.25, 0.3) is 11.0 Å². The molecular weight excluding hydrogens is 288 g/mol. The largest absolute Gasteiger partial charge is 0.507 e. The van der Waals surface area contributed by atoms with Gasteiger partial charge in [0.15, 0.2) is 5.58 Å². The highest BCUT2D eigenvalue weighted by Gasteiger charge is 2.20. The summed E-state index contributed by atoms with van der Waals surface area (Å²) in [5.41, 5.74) is 1.16. The minimum absolute atomic E-state index is 0.0710. The van der Waals surface area contributed by atoms with E-state index in [2.05, 4.69) is 15.9 Å². The van der Waals surface area contributed by atoms with E-state index in [0.717, 1.165) is 5.39 Å². The molecule has 1 aromatic carbocycles. The lowest BCUT2D eigenvalue weighted by atomic mass is 10.1. The Morgan fingerprint density at radius 2 is 2.24 bits per heavy atom. The molecule has 90 valence electrons. The smallest absolute Gasteiger partial charge is 0.374 e. The van der Waals surface area contributed by atoms with Crippen LogP contribution in [0.15, 0.2) is 21.0 Å². The van der Waals surface area contributed by atoms with Gasteiger partial charge in [0.25, 0.3) is 0 Å². The average Bonchev–Trinajstić information content (AvgIpc) is 2.63. The number of benzene rings is 1. The van der Waals surface area contributed by atoms with Crippen LogP contribution < -0.4 is 0 Å². The summed E-state index contributed by atoms with van der Waals surface area (Å²) >= 11 is 3.22. The van der Waals surface area contributed by atoms with Crippen molar-refractivity contribution in [1.29, 1.82) is 0 Å². The average molecular weight is 299 g/mol. The summed E-state index contributed by atoms with van der Waals surface area (Å²) in [5, 5.41) is 10.3. The van der Waals surface area contributed by atoms with E-state index in [0.29, 0.717) is 22.2 Å². The number of phenols is 1. The van der Waals surface area contributed by atoms with Crippen LogP contribution in [0, 0.1) is 6.92 Å². The van der Waals surface area contributed by atoms with Crippen molar-refractivity contribution < 1.29 is 19.1 Å². The molecule has 0 spiro atoms. The SMILES string of the molecule is CCOC(=O)c1oc2c(Br)c(O)ccc2c1C. The molecule has 2 aromatic rings. The van der Waals surface area contributed by atoms with Gasteiger partial charge in [0.05, 0.1) is 6.61 Å². The van der Waals surface area contributed by atoms with Crippen molar-refractivity contribution in [1.82, 2.24) is 0 Å². The van der Waals surface area contributed by atoms with E-state index in [4.69, 9.17) is 9.15 Å². The molecule has 5 heteroatoms. The van der Waals surface area contributed by atoms with Gasteiger partial charge in [0, 0.05) is 10.9 Å². The Morgan fingerprint density at radius 3 is 2.88 bits per heavy atom. The molecule has 1 aromatic heterocycles. The Morgan fingerprint density at radius 1 is 1.53 bits per heavy atom. The molecule has 0 aliphatic rings. The predicted molar refractivity (Wildman–Crippen MR) is 66.3 cm³/mol. The summed E-state index contributed by atoms with van der Waals surface area (Å²) in [7, 11) is 0. The van der Waals surface area contributed by atoms with Crippen molar-refractivity contribution in [3.8, 4) is 5.75 Å². The standard InChI is InChI=1S/C12H11BrO4/c1-3-16-12(15)10-6(2)7-4-5-8(14)9(13)11(7)17-10/h4-5,14H,3H2,1-2H3. The Labute approximate surface area is 106 Å². The third-order valence-electron chi connectivity index (χ3n) is 2.49. The number of ether oxygens (including phenoxy) is 1. The van der Waals surface area contributed by atoms with Crippen molar-refractivity contribution in [2.45, 2.75) is 13.8 Å². The van der Waals surface area contributed by atoms with Gasteiger partial charge in [-0.2, -0.15) is 0 Å². The van der Waals surface area contributed by atoms with Gasteiger partial charge < -0.3 is 14.3 Å². The fourth-order valence-corrected chi connectivity index (χ4v) is 2.06. The summed E-state index contributed by atoms with van der Waals surface area (Å²) in [6, 6.07) is 3.25. The van der Waals surface area contributed by atoms with Crippen LogP contribution in [0.2, 0.25) is 0 Å². The molecule has 0 radical (unpaired) electrons. The number of aryl methyl sites for hydroxylation is 1. The highest BCUT2D eigenvalue weighted by Crippen LogP contribution is 2.36. The van der Waals surface area contributed by atoms with Crippen LogP contribution in [-0.4, -0.2) is 17.7 Å². The molecule has 0 fully saturated rings. The third kappa shape index (κ3) is 1.91. The van der Waals surface area contributed by atoms with E-state index >= 15 is 0 Å². The summed E-state index contributed by atoms with van der Waals surface area (Å²) in [5.74, 6) is -0.248. The van der Waals surface area contributed by atoms with Crippen molar-refractivity contribution in [2.75, 3.05) is 6.61 Å². The first kappa shape index (κ1) is 12.0. The summed E-state index contributed by atoms with van der Waals surface area (Å²) in [4.78, 5) is 11.6. The molecule has 1 heterocycles. The second-order valence-electron chi connectivity index (χ2n) is 3.55. The highest BCUT2D eigenvalue weighted by molar-refractivity contribution is 9.10. The molecule has 0 unspecified atom stereocenters. The molecule has 0 bridgehead atoms. The number of carbonyl (C=O) groups excluding carboxylic acids is 1. The Balaban J connectivity index is 2.64. The molecule has 0 atom stereocenters. The van der Waals surface area contributed by atoms with Gasteiger partial charge >= 0.3 is 5.97 Å². The van der Waals surface area contributed by atoms with Gasteiger partial charge in [-0.3, -0.25) is 0 Å². The topological polar surface area (TPSA) is 59.7 Å². The maximum Gasteiger partial charge on any atom is 0.374 e. The van der Waals surface area contributed by atoms with Crippen molar-refractivity contribution in [3.63, 3.8) is 0 Å². The number of aromatic hydroxyl groups is 1. The van der Waals surface area contributed by atoms with Crippen LogP contribution in [0.5, 0.6) is 5.75 Å². The maximum absolute atomic E-state index is 11.6. The summed E-state index contributed by atoms with van der Waals surface area (Å²) in [6.07, 6.45) is 0.